The first-order valence-electron chi connectivity index (χ1n) is 6.70. The van der Waals surface area contributed by atoms with E-state index >= 15 is 0 Å². The van der Waals surface area contributed by atoms with Crippen LogP contribution in [0.3, 0.4) is 0 Å². The van der Waals surface area contributed by atoms with Gasteiger partial charge in [0.05, 0.1) is 9.95 Å². The minimum absolute atomic E-state index is 0.144. The second kappa shape index (κ2) is 6.76. The Labute approximate surface area is 129 Å². The molecule has 6 nitrogen and oxygen atoms in total. The van der Waals surface area contributed by atoms with Crippen molar-refractivity contribution in [1.29, 1.82) is 0 Å². The molecule has 0 spiro atoms. The van der Waals surface area contributed by atoms with Crippen molar-refractivity contribution in [3.05, 3.63) is 32.8 Å². The predicted molar refractivity (Wildman–Crippen MR) is 84.1 cm³/mol. The van der Waals surface area contributed by atoms with E-state index in [9.17, 15) is 14.9 Å². The molecule has 0 bridgehead atoms. The lowest BCUT2D eigenvalue weighted by Gasteiger charge is -2.25. The monoisotopic (exact) mass is 313 g/mol. The number of nitro benzene ring substituents is 1. The zero-order valence-corrected chi connectivity index (χ0v) is 13.4. The van der Waals surface area contributed by atoms with Crippen molar-refractivity contribution >= 4 is 28.9 Å². The van der Waals surface area contributed by atoms with Gasteiger partial charge in [-0.05, 0) is 26.3 Å². The molecule has 1 rings (SSSR count). The van der Waals surface area contributed by atoms with E-state index in [1.165, 1.54) is 19.2 Å². The summed E-state index contributed by atoms with van der Waals surface area (Å²) in [5.74, 6) is -0.374. The minimum atomic E-state index is -0.564. The third-order valence-corrected chi connectivity index (χ3v) is 3.40. The highest BCUT2D eigenvalue weighted by atomic mass is 35.5. The number of hydrogen-bond donors (Lipinski definition) is 2. The molecule has 0 aliphatic carbocycles. The lowest BCUT2D eigenvalue weighted by molar-refractivity contribution is -0.383. The molecule has 0 atom stereocenters. The van der Waals surface area contributed by atoms with Crippen LogP contribution in [-0.2, 0) is 0 Å². The summed E-state index contributed by atoms with van der Waals surface area (Å²) in [5, 5.41) is 16.8. The van der Waals surface area contributed by atoms with Gasteiger partial charge in [0.2, 0.25) is 0 Å². The Kier molecular flexibility index (Phi) is 5.54. The third kappa shape index (κ3) is 4.32. The highest BCUT2D eigenvalue weighted by Crippen LogP contribution is 2.33. The average molecular weight is 314 g/mol. The number of hydrogen-bond acceptors (Lipinski definition) is 4. The van der Waals surface area contributed by atoms with Crippen molar-refractivity contribution in [2.45, 2.75) is 39.2 Å². The second-order valence-corrected chi connectivity index (χ2v) is 5.85. The molecule has 2 N–H and O–H groups in total. The summed E-state index contributed by atoms with van der Waals surface area (Å²) in [5.41, 5.74) is -0.223. The third-order valence-electron chi connectivity index (χ3n) is 3.11. The maximum absolute atomic E-state index is 12.2. The molecule has 0 aliphatic rings. The zero-order chi connectivity index (χ0) is 16.2. The molecule has 1 aromatic rings. The number of anilines is 1. The fourth-order valence-corrected chi connectivity index (χ4v) is 2.49. The van der Waals surface area contributed by atoms with Gasteiger partial charge in [0, 0.05) is 24.2 Å². The molecule has 0 heterocycles. The molecule has 0 saturated carbocycles. The van der Waals surface area contributed by atoms with Crippen LogP contribution in [0.5, 0.6) is 0 Å². The Balaban J connectivity index is 3.14. The van der Waals surface area contributed by atoms with Crippen LogP contribution in [0.4, 0.5) is 11.4 Å². The largest absolute Gasteiger partial charge is 0.381 e. The maximum Gasteiger partial charge on any atom is 0.294 e. The van der Waals surface area contributed by atoms with E-state index < -0.39 is 4.92 Å². The number of nitrogens with one attached hydrogen (secondary N) is 2. The molecule has 116 valence electrons. The van der Waals surface area contributed by atoms with E-state index in [0.717, 1.165) is 12.8 Å². The summed E-state index contributed by atoms with van der Waals surface area (Å²) in [6, 6.07) is 2.66. The van der Waals surface area contributed by atoms with Gasteiger partial charge in [0.15, 0.2) is 0 Å². The van der Waals surface area contributed by atoms with E-state index in [1.807, 2.05) is 20.8 Å². The molecule has 0 aliphatic heterocycles. The first-order valence-corrected chi connectivity index (χ1v) is 7.08. The fourth-order valence-electron chi connectivity index (χ4n) is 2.18. The van der Waals surface area contributed by atoms with Crippen LogP contribution in [0, 0.1) is 10.1 Å². The SMILES string of the molecule is CCCC(C)(C)NC(=O)c1cc(Cl)c(NC)c([N+](=O)[O-])c1. The van der Waals surface area contributed by atoms with Crippen LogP contribution in [0.25, 0.3) is 0 Å². The number of nitrogens with zero attached hydrogens (tertiary/aromatic N) is 1. The van der Waals surface area contributed by atoms with Crippen LogP contribution in [0.15, 0.2) is 12.1 Å². The van der Waals surface area contributed by atoms with Gasteiger partial charge >= 0.3 is 0 Å². The maximum atomic E-state index is 12.2. The fraction of sp³-hybridized carbons (Fsp3) is 0.500. The Morgan fingerprint density at radius 1 is 1.43 bits per heavy atom. The van der Waals surface area contributed by atoms with Crippen molar-refractivity contribution in [3.63, 3.8) is 0 Å². The summed E-state index contributed by atoms with van der Waals surface area (Å²) in [6.45, 7) is 5.84. The Morgan fingerprint density at radius 3 is 2.52 bits per heavy atom. The second-order valence-electron chi connectivity index (χ2n) is 5.45. The quantitative estimate of drug-likeness (QED) is 0.621. The predicted octanol–water partition coefficient (Wildman–Crippen LogP) is 3.60. The van der Waals surface area contributed by atoms with Crippen molar-refractivity contribution in [2.75, 3.05) is 12.4 Å². The van der Waals surface area contributed by atoms with Crippen LogP contribution < -0.4 is 10.6 Å². The van der Waals surface area contributed by atoms with Gasteiger partial charge < -0.3 is 10.6 Å². The van der Waals surface area contributed by atoms with Crippen LogP contribution in [-0.4, -0.2) is 23.4 Å². The molecule has 21 heavy (non-hydrogen) atoms. The summed E-state index contributed by atoms with van der Waals surface area (Å²) < 4.78 is 0. The molecule has 7 heteroatoms. The molecule has 0 fully saturated rings. The topological polar surface area (TPSA) is 84.3 Å². The lowest BCUT2D eigenvalue weighted by atomic mass is 9.98. The van der Waals surface area contributed by atoms with E-state index in [4.69, 9.17) is 11.6 Å². The van der Waals surface area contributed by atoms with Gasteiger partial charge in [-0.15, -0.1) is 0 Å². The summed E-state index contributed by atoms with van der Waals surface area (Å²) in [6.07, 6.45) is 1.73. The number of amides is 1. The number of nitro groups is 1. The van der Waals surface area contributed by atoms with Gasteiger partial charge in [0.25, 0.3) is 11.6 Å². The molecule has 0 unspecified atom stereocenters. The van der Waals surface area contributed by atoms with E-state index in [0.29, 0.717) is 0 Å². The van der Waals surface area contributed by atoms with E-state index in [-0.39, 0.29) is 33.4 Å². The first kappa shape index (κ1) is 17.2. The molecular formula is C14H20ClN3O3. The van der Waals surface area contributed by atoms with E-state index in [1.54, 1.807) is 0 Å². The first-order chi connectivity index (χ1) is 9.71. The molecule has 0 aromatic heterocycles. The van der Waals surface area contributed by atoms with Gasteiger partial charge in [0.1, 0.15) is 5.69 Å². The number of halogens is 1. The minimum Gasteiger partial charge on any atom is -0.381 e. The van der Waals surface area contributed by atoms with Gasteiger partial charge in [-0.25, -0.2) is 0 Å². The number of carbonyl (C=O) groups is 1. The Morgan fingerprint density at radius 2 is 2.05 bits per heavy atom. The molecule has 0 saturated heterocycles. The van der Waals surface area contributed by atoms with Crippen molar-refractivity contribution in [3.8, 4) is 0 Å². The van der Waals surface area contributed by atoms with Crippen molar-refractivity contribution in [2.24, 2.45) is 0 Å². The summed E-state index contributed by atoms with van der Waals surface area (Å²) in [4.78, 5) is 22.8. The molecule has 1 amide bonds. The van der Waals surface area contributed by atoms with Crippen LogP contribution in [0.1, 0.15) is 44.0 Å². The standard InChI is InChI=1S/C14H20ClN3O3/c1-5-6-14(2,3)17-13(19)9-7-10(15)12(16-4)11(8-9)18(20)21/h7-8,16H,5-6H2,1-4H3,(H,17,19). The van der Waals surface area contributed by atoms with Crippen LogP contribution >= 0.6 is 11.6 Å². The Bertz CT molecular complexity index is 559. The normalized spacial score (nSPS) is 11.1. The number of benzene rings is 1. The van der Waals surface area contributed by atoms with Crippen LogP contribution in [0.2, 0.25) is 5.02 Å². The van der Waals surface area contributed by atoms with Crippen molar-refractivity contribution in [1.82, 2.24) is 5.32 Å². The van der Waals surface area contributed by atoms with E-state index in [2.05, 4.69) is 10.6 Å². The lowest BCUT2D eigenvalue weighted by Crippen LogP contribution is -2.43. The smallest absolute Gasteiger partial charge is 0.294 e. The van der Waals surface area contributed by atoms with Crippen molar-refractivity contribution < 1.29 is 9.72 Å². The molecule has 1 aromatic carbocycles. The Hall–Kier alpha value is -1.82. The van der Waals surface area contributed by atoms with Gasteiger partial charge in [-0.3, -0.25) is 14.9 Å². The molecule has 0 radical (unpaired) electrons. The van der Waals surface area contributed by atoms with Gasteiger partial charge in [-0.1, -0.05) is 24.9 Å². The summed E-state index contributed by atoms with van der Waals surface area (Å²) >= 11 is 6.01. The molecular weight excluding hydrogens is 294 g/mol. The number of carbonyl (C=O) groups excluding carboxylic acids is 1. The summed E-state index contributed by atoms with van der Waals surface area (Å²) in [7, 11) is 1.54. The highest BCUT2D eigenvalue weighted by Gasteiger charge is 2.24. The van der Waals surface area contributed by atoms with Gasteiger partial charge in [-0.2, -0.15) is 0 Å². The highest BCUT2D eigenvalue weighted by molar-refractivity contribution is 6.34. The average Bonchev–Trinajstić information content (AvgIpc) is 2.36. The zero-order valence-electron chi connectivity index (χ0n) is 12.6. The number of rotatable bonds is 6.